The van der Waals surface area contributed by atoms with E-state index in [1.54, 1.807) is 0 Å². The molecule has 1 amide bonds. The van der Waals surface area contributed by atoms with Gasteiger partial charge in [-0.15, -0.1) is 0 Å². The maximum absolute atomic E-state index is 12.2. The van der Waals surface area contributed by atoms with Crippen molar-refractivity contribution in [3.8, 4) is 0 Å². The molecule has 3 rings (SSSR count). The average molecular weight is 381 g/mol. The van der Waals surface area contributed by atoms with Crippen molar-refractivity contribution in [1.82, 2.24) is 10.2 Å². The molecule has 1 N–H and O–H groups in total. The molecule has 1 aliphatic rings. The van der Waals surface area contributed by atoms with E-state index < -0.39 is 0 Å². The number of carbonyl (C=O) groups is 1. The van der Waals surface area contributed by atoms with Crippen LogP contribution in [0.25, 0.3) is 11.0 Å². The summed E-state index contributed by atoms with van der Waals surface area (Å²) in [7, 11) is 0. The van der Waals surface area contributed by atoms with Gasteiger partial charge in [0.1, 0.15) is 5.58 Å². The largest absolute Gasteiger partial charge is 0.449 e. The number of amides is 1. The molecule has 0 saturated carbocycles. The number of ether oxygens (including phenoxy) is 1. The van der Waals surface area contributed by atoms with Gasteiger partial charge in [-0.2, -0.15) is 0 Å². The summed E-state index contributed by atoms with van der Waals surface area (Å²) in [6.45, 7) is 6.99. The van der Waals surface area contributed by atoms with Crippen molar-refractivity contribution < 1.29 is 13.9 Å². The molecule has 0 atom stereocenters. The van der Waals surface area contributed by atoms with Gasteiger partial charge in [0.15, 0.2) is 4.67 Å². The Morgan fingerprint density at radius 2 is 2.13 bits per heavy atom. The van der Waals surface area contributed by atoms with Gasteiger partial charge in [0, 0.05) is 37.1 Å². The summed E-state index contributed by atoms with van der Waals surface area (Å²) in [5.74, 6) is 0.0168. The van der Waals surface area contributed by atoms with Crippen LogP contribution in [0.2, 0.25) is 0 Å². The van der Waals surface area contributed by atoms with Gasteiger partial charge in [0.2, 0.25) is 5.91 Å². The molecule has 1 aromatic heterocycles. The van der Waals surface area contributed by atoms with Crippen LogP contribution in [-0.4, -0.2) is 50.2 Å². The Morgan fingerprint density at radius 1 is 1.35 bits per heavy atom. The van der Waals surface area contributed by atoms with Crippen LogP contribution >= 0.6 is 15.9 Å². The summed E-state index contributed by atoms with van der Waals surface area (Å²) in [6.07, 6.45) is 0.320. The molecule has 0 radical (unpaired) electrons. The first-order chi connectivity index (χ1) is 11.1. The highest BCUT2D eigenvalue weighted by atomic mass is 79.9. The highest BCUT2D eigenvalue weighted by Crippen LogP contribution is 2.31. The lowest BCUT2D eigenvalue weighted by atomic mass is 10.1. The summed E-state index contributed by atoms with van der Waals surface area (Å²) < 4.78 is 11.6. The number of aryl methyl sites for hydroxylation is 1. The van der Waals surface area contributed by atoms with Gasteiger partial charge >= 0.3 is 0 Å². The lowest BCUT2D eigenvalue weighted by molar-refractivity contribution is -0.120. The Morgan fingerprint density at radius 3 is 2.91 bits per heavy atom. The number of carbonyl (C=O) groups excluding carboxylic acids is 1. The minimum atomic E-state index is 0.0168. The molecule has 0 bridgehead atoms. The number of rotatable bonds is 5. The van der Waals surface area contributed by atoms with E-state index in [4.69, 9.17) is 9.15 Å². The van der Waals surface area contributed by atoms with Crippen molar-refractivity contribution >= 4 is 32.8 Å². The van der Waals surface area contributed by atoms with Crippen molar-refractivity contribution in [3.63, 3.8) is 0 Å². The topological polar surface area (TPSA) is 54.7 Å². The van der Waals surface area contributed by atoms with Gasteiger partial charge in [-0.05, 0) is 35.0 Å². The number of fused-ring (bicyclic) bond motifs is 1. The number of hydrogen-bond donors (Lipinski definition) is 1. The zero-order chi connectivity index (χ0) is 16.2. The standard InChI is InChI=1S/C17H21BrN2O3/c1-12-2-3-15-13(10-12)14(17(18)23-15)11-16(21)19-4-5-20-6-8-22-9-7-20/h2-3,10H,4-9,11H2,1H3,(H,19,21). The smallest absolute Gasteiger partial charge is 0.224 e. The van der Waals surface area contributed by atoms with Gasteiger partial charge in [-0.3, -0.25) is 9.69 Å². The fourth-order valence-corrected chi connectivity index (χ4v) is 3.33. The minimum absolute atomic E-state index is 0.0168. The SMILES string of the molecule is Cc1ccc2oc(Br)c(CC(=O)NCCN3CCOCC3)c2c1. The van der Waals surface area contributed by atoms with Crippen LogP contribution in [0.4, 0.5) is 0 Å². The van der Waals surface area contributed by atoms with Gasteiger partial charge in [-0.25, -0.2) is 0 Å². The molecule has 1 saturated heterocycles. The first kappa shape index (κ1) is 16.5. The summed E-state index contributed by atoms with van der Waals surface area (Å²) in [6, 6.07) is 6.00. The molecule has 0 spiro atoms. The Labute approximate surface area is 144 Å². The van der Waals surface area contributed by atoms with E-state index in [0.717, 1.165) is 54.9 Å². The van der Waals surface area contributed by atoms with E-state index >= 15 is 0 Å². The molecule has 124 valence electrons. The third kappa shape index (κ3) is 4.13. The average Bonchev–Trinajstić information content (AvgIpc) is 2.84. The normalized spacial score (nSPS) is 15.9. The van der Waals surface area contributed by atoms with Crippen LogP contribution in [0.5, 0.6) is 0 Å². The predicted octanol–water partition coefficient (Wildman–Crippen LogP) is 2.49. The molecule has 1 aromatic carbocycles. The van der Waals surface area contributed by atoms with E-state index in [1.165, 1.54) is 0 Å². The zero-order valence-electron chi connectivity index (χ0n) is 13.2. The van der Waals surface area contributed by atoms with E-state index in [2.05, 4.69) is 32.2 Å². The van der Waals surface area contributed by atoms with Crippen LogP contribution in [-0.2, 0) is 16.0 Å². The van der Waals surface area contributed by atoms with E-state index in [9.17, 15) is 4.79 Å². The highest BCUT2D eigenvalue weighted by molar-refractivity contribution is 9.10. The number of benzene rings is 1. The van der Waals surface area contributed by atoms with Crippen molar-refractivity contribution in [2.75, 3.05) is 39.4 Å². The van der Waals surface area contributed by atoms with Gasteiger partial charge in [-0.1, -0.05) is 11.6 Å². The summed E-state index contributed by atoms with van der Waals surface area (Å²) >= 11 is 3.42. The Bertz CT molecular complexity index is 692. The Kier molecular flexibility index (Phi) is 5.35. The molecular formula is C17H21BrN2O3. The number of nitrogens with one attached hydrogen (secondary N) is 1. The summed E-state index contributed by atoms with van der Waals surface area (Å²) in [4.78, 5) is 14.5. The lowest BCUT2D eigenvalue weighted by Crippen LogP contribution is -2.41. The summed E-state index contributed by atoms with van der Waals surface area (Å²) in [5, 5.41) is 3.99. The molecule has 0 unspecified atom stereocenters. The quantitative estimate of drug-likeness (QED) is 0.865. The lowest BCUT2D eigenvalue weighted by Gasteiger charge is -2.26. The maximum atomic E-state index is 12.2. The van der Waals surface area contributed by atoms with Gasteiger partial charge in [0.05, 0.1) is 19.6 Å². The number of halogens is 1. The van der Waals surface area contributed by atoms with Gasteiger partial charge in [0.25, 0.3) is 0 Å². The fourth-order valence-electron chi connectivity index (χ4n) is 2.80. The monoisotopic (exact) mass is 380 g/mol. The molecule has 2 heterocycles. The molecule has 5 nitrogen and oxygen atoms in total. The maximum Gasteiger partial charge on any atom is 0.224 e. The first-order valence-electron chi connectivity index (χ1n) is 7.88. The van der Waals surface area contributed by atoms with Crippen molar-refractivity contribution in [2.24, 2.45) is 0 Å². The third-order valence-corrected chi connectivity index (χ3v) is 4.73. The van der Waals surface area contributed by atoms with Gasteiger partial charge < -0.3 is 14.5 Å². The van der Waals surface area contributed by atoms with E-state index in [1.807, 2.05) is 19.1 Å². The predicted molar refractivity (Wildman–Crippen MR) is 92.6 cm³/mol. The van der Waals surface area contributed by atoms with Crippen LogP contribution < -0.4 is 5.32 Å². The fraction of sp³-hybridized carbons (Fsp3) is 0.471. The molecule has 1 aliphatic heterocycles. The molecule has 0 aliphatic carbocycles. The summed E-state index contributed by atoms with van der Waals surface area (Å²) in [5.41, 5.74) is 2.87. The van der Waals surface area contributed by atoms with E-state index in [0.29, 0.717) is 17.6 Å². The molecular weight excluding hydrogens is 360 g/mol. The molecule has 2 aromatic rings. The first-order valence-corrected chi connectivity index (χ1v) is 8.67. The van der Waals surface area contributed by atoms with Crippen LogP contribution in [0, 0.1) is 6.92 Å². The Balaban J connectivity index is 1.57. The zero-order valence-corrected chi connectivity index (χ0v) is 14.8. The molecule has 23 heavy (non-hydrogen) atoms. The van der Waals surface area contributed by atoms with E-state index in [-0.39, 0.29) is 5.91 Å². The number of furan rings is 1. The third-order valence-electron chi connectivity index (χ3n) is 4.09. The second kappa shape index (κ2) is 7.47. The molecule has 6 heteroatoms. The van der Waals surface area contributed by atoms with Crippen molar-refractivity contribution in [2.45, 2.75) is 13.3 Å². The highest BCUT2D eigenvalue weighted by Gasteiger charge is 2.16. The number of nitrogens with zero attached hydrogens (tertiary/aromatic N) is 1. The van der Waals surface area contributed by atoms with Crippen molar-refractivity contribution in [1.29, 1.82) is 0 Å². The minimum Gasteiger partial charge on any atom is -0.449 e. The van der Waals surface area contributed by atoms with Crippen LogP contribution in [0.3, 0.4) is 0 Å². The Hall–Kier alpha value is -1.37. The van der Waals surface area contributed by atoms with Crippen molar-refractivity contribution in [3.05, 3.63) is 34.0 Å². The second-order valence-electron chi connectivity index (χ2n) is 5.83. The van der Waals surface area contributed by atoms with Crippen LogP contribution in [0.15, 0.2) is 27.3 Å². The van der Waals surface area contributed by atoms with Crippen LogP contribution in [0.1, 0.15) is 11.1 Å². The molecule has 1 fully saturated rings. The number of morpholine rings is 1. The second-order valence-corrected chi connectivity index (χ2v) is 6.55. The number of hydrogen-bond acceptors (Lipinski definition) is 4.